The monoisotopic (exact) mass is 339 g/mol. The average molecular weight is 340 g/mol. The van der Waals surface area contributed by atoms with Crippen molar-refractivity contribution >= 4 is 26.7 Å². The standard InChI is InChI=1S/C18H14BrNO/c19-14-6-3-5-13(10-14)18-20-11-16-15-7-2-1-4-12(15)8-9-17(16)21-18/h1-10,18,20H,11H2. The SMILES string of the molecule is Brc1cccc(C2NCc3c(ccc4ccccc34)O2)c1. The quantitative estimate of drug-likeness (QED) is 0.688. The minimum absolute atomic E-state index is 0.101. The fraction of sp³-hybridized carbons (Fsp3) is 0.111. The second kappa shape index (κ2) is 5.17. The molecule has 0 saturated carbocycles. The average Bonchev–Trinajstić information content (AvgIpc) is 2.54. The van der Waals surface area contributed by atoms with Crippen LogP contribution in [0.4, 0.5) is 0 Å². The summed E-state index contributed by atoms with van der Waals surface area (Å²) in [6.07, 6.45) is -0.101. The Hall–Kier alpha value is -1.84. The van der Waals surface area contributed by atoms with E-state index in [4.69, 9.17) is 4.74 Å². The molecule has 0 bridgehead atoms. The van der Waals surface area contributed by atoms with E-state index in [9.17, 15) is 0 Å². The molecule has 0 amide bonds. The molecule has 3 aromatic rings. The molecule has 1 atom stereocenters. The summed E-state index contributed by atoms with van der Waals surface area (Å²) >= 11 is 3.51. The highest BCUT2D eigenvalue weighted by Crippen LogP contribution is 2.34. The van der Waals surface area contributed by atoms with Crippen molar-refractivity contribution in [2.75, 3.05) is 0 Å². The molecule has 3 aromatic carbocycles. The van der Waals surface area contributed by atoms with Crippen molar-refractivity contribution in [2.24, 2.45) is 0 Å². The summed E-state index contributed by atoms with van der Waals surface area (Å²) in [7, 11) is 0. The Morgan fingerprint density at radius 1 is 1.00 bits per heavy atom. The van der Waals surface area contributed by atoms with E-state index in [-0.39, 0.29) is 6.23 Å². The lowest BCUT2D eigenvalue weighted by atomic mass is 10.0. The van der Waals surface area contributed by atoms with Crippen LogP contribution in [0.2, 0.25) is 0 Å². The Balaban J connectivity index is 1.74. The van der Waals surface area contributed by atoms with E-state index < -0.39 is 0 Å². The van der Waals surface area contributed by atoms with E-state index in [2.05, 4.69) is 69.8 Å². The Labute approximate surface area is 131 Å². The second-order valence-corrected chi connectivity index (χ2v) is 6.11. The van der Waals surface area contributed by atoms with E-state index in [0.717, 1.165) is 22.3 Å². The number of benzene rings is 3. The first-order valence-corrected chi connectivity index (χ1v) is 7.77. The molecular weight excluding hydrogens is 326 g/mol. The largest absolute Gasteiger partial charge is 0.471 e. The summed E-state index contributed by atoms with van der Waals surface area (Å²) in [5, 5.41) is 5.98. The fourth-order valence-electron chi connectivity index (χ4n) is 2.83. The van der Waals surface area contributed by atoms with Crippen LogP contribution in [0.3, 0.4) is 0 Å². The molecule has 0 fully saturated rings. The molecule has 0 spiro atoms. The third-order valence-electron chi connectivity index (χ3n) is 3.86. The van der Waals surface area contributed by atoms with Gasteiger partial charge in [-0.3, -0.25) is 5.32 Å². The van der Waals surface area contributed by atoms with Crippen LogP contribution in [0.5, 0.6) is 5.75 Å². The summed E-state index contributed by atoms with van der Waals surface area (Å²) in [6.45, 7) is 0.813. The van der Waals surface area contributed by atoms with E-state index in [1.54, 1.807) is 0 Å². The summed E-state index contributed by atoms with van der Waals surface area (Å²) in [5.74, 6) is 0.970. The first-order valence-electron chi connectivity index (χ1n) is 6.97. The maximum absolute atomic E-state index is 6.15. The van der Waals surface area contributed by atoms with Gasteiger partial charge in [-0.15, -0.1) is 0 Å². The number of rotatable bonds is 1. The molecule has 4 rings (SSSR count). The van der Waals surface area contributed by atoms with Crippen LogP contribution in [0.25, 0.3) is 10.8 Å². The van der Waals surface area contributed by atoms with Gasteiger partial charge in [-0.05, 0) is 29.0 Å². The van der Waals surface area contributed by atoms with Gasteiger partial charge in [0.1, 0.15) is 5.75 Å². The summed E-state index contributed by atoms with van der Waals surface area (Å²) in [5.41, 5.74) is 2.36. The van der Waals surface area contributed by atoms with Gasteiger partial charge in [0.2, 0.25) is 0 Å². The van der Waals surface area contributed by atoms with Gasteiger partial charge in [0, 0.05) is 22.1 Å². The molecule has 21 heavy (non-hydrogen) atoms. The highest BCUT2D eigenvalue weighted by atomic mass is 79.9. The molecule has 1 aliphatic heterocycles. The molecular formula is C18H14BrNO. The van der Waals surface area contributed by atoms with Crippen LogP contribution >= 0.6 is 15.9 Å². The van der Waals surface area contributed by atoms with Crippen molar-refractivity contribution in [1.29, 1.82) is 0 Å². The Bertz CT molecular complexity index is 815. The topological polar surface area (TPSA) is 21.3 Å². The van der Waals surface area contributed by atoms with Gasteiger partial charge in [0.15, 0.2) is 6.23 Å². The highest BCUT2D eigenvalue weighted by Gasteiger charge is 2.22. The third-order valence-corrected chi connectivity index (χ3v) is 4.35. The fourth-order valence-corrected chi connectivity index (χ4v) is 3.24. The number of hydrogen-bond donors (Lipinski definition) is 1. The third kappa shape index (κ3) is 2.33. The maximum atomic E-state index is 6.15. The zero-order chi connectivity index (χ0) is 14.2. The number of ether oxygens (including phenoxy) is 1. The summed E-state index contributed by atoms with van der Waals surface area (Å²) in [6, 6.07) is 20.8. The minimum Gasteiger partial charge on any atom is -0.471 e. The summed E-state index contributed by atoms with van der Waals surface area (Å²) in [4.78, 5) is 0. The van der Waals surface area contributed by atoms with Gasteiger partial charge in [0.25, 0.3) is 0 Å². The minimum atomic E-state index is -0.101. The van der Waals surface area contributed by atoms with Gasteiger partial charge in [-0.2, -0.15) is 0 Å². The predicted octanol–water partition coefficient (Wildman–Crippen LogP) is 4.78. The van der Waals surface area contributed by atoms with Crippen molar-refractivity contribution in [2.45, 2.75) is 12.8 Å². The van der Waals surface area contributed by atoms with E-state index in [0.29, 0.717) is 0 Å². The summed E-state index contributed by atoms with van der Waals surface area (Å²) < 4.78 is 7.21. The van der Waals surface area contributed by atoms with E-state index in [1.807, 2.05) is 12.1 Å². The zero-order valence-corrected chi connectivity index (χ0v) is 12.9. The van der Waals surface area contributed by atoms with Crippen LogP contribution < -0.4 is 10.1 Å². The number of fused-ring (bicyclic) bond motifs is 3. The van der Waals surface area contributed by atoms with Crippen molar-refractivity contribution in [3.05, 3.63) is 76.3 Å². The van der Waals surface area contributed by atoms with Crippen LogP contribution in [0.1, 0.15) is 17.4 Å². The molecule has 1 aliphatic rings. The molecule has 0 radical (unpaired) electrons. The molecule has 1 unspecified atom stereocenters. The van der Waals surface area contributed by atoms with Gasteiger partial charge in [-0.25, -0.2) is 0 Å². The lowest BCUT2D eigenvalue weighted by Crippen LogP contribution is -2.30. The van der Waals surface area contributed by atoms with Crippen LogP contribution in [0.15, 0.2) is 65.1 Å². The lowest BCUT2D eigenvalue weighted by molar-refractivity contribution is 0.145. The Morgan fingerprint density at radius 2 is 1.90 bits per heavy atom. The van der Waals surface area contributed by atoms with E-state index in [1.165, 1.54) is 16.3 Å². The first-order chi connectivity index (χ1) is 10.3. The van der Waals surface area contributed by atoms with Gasteiger partial charge in [0.05, 0.1) is 0 Å². The van der Waals surface area contributed by atoms with Crippen LogP contribution in [-0.4, -0.2) is 0 Å². The number of hydrogen-bond acceptors (Lipinski definition) is 2. The Kier molecular flexibility index (Phi) is 3.17. The normalized spacial score (nSPS) is 17.3. The van der Waals surface area contributed by atoms with Crippen molar-refractivity contribution in [1.82, 2.24) is 5.32 Å². The van der Waals surface area contributed by atoms with Crippen molar-refractivity contribution < 1.29 is 4.74 Å². The second-order valence-electron chi connectivity index (χ2n) is 5.20. The smallest absolute Gasteiger partial charge is 0.176 e. The molecule has 0 aliphatic carbocycles. The van der Waals surface area contributed by atoms with Crippen LogP contribution in [0, 0.1) is 0 Å². The van der Waals surface area contributed by atoms with Gasteiger partial charge < -0.3 is 4.74 Å². The lowest BCUT2D eigenvalue weighted by Gasteiger charge is -2.28. The number of halogens is 1. The first kappa shape index (κ1) is 12.9. The molecule has 3 heteroatoms. The number of nitrogens with one attached hydrogen (secondary N) is 1. The van der Waals surface area contributed by atoms with E-state index >= 15 is 0 Å². The molecule has 0 aromatic heterocycles. The molecule has 2 nitrogen and oxygen atoms in total. The Morgan fingerprint density at radius 3 is 2.81 bits per heavy atom. The molecule has 1 N–H and O–H groups in total. The predicted molar refractivity (Wildman–Crippen MR) is 88.3 cm³/mol. The van der Waals surface area contributed by atoms with Crippen molar-refractivity contribution in [3.63, 3.8) is 0 Å². The van der Waals surface area contributed by atoms with Gasteiger partial charge >= 0.3 is 0 Å². The molecule has 104 valence electrons. The highest BCUT2D eigenvalue weighted by molar-refractivity contribution is 9.10. The molecule has 1 heterocycles. The van der Waals surface area contributed by atoms with Crippen LogP contribution in [-0.2, 0) is 6.54 Å². The zero-order valence-electron chi connectivity index (χ0n) is 11.3. The maximum Gasteiger partial charge on any atom is 0.176 e. The van der Waals surface area contributed by atoms with Gasteiger partial charge in [-0.1, -0.05) is 58.4 Å². The molecule has 0 saturated heterocycles. The van der Waals surface area contributed by atoms with Crippen molar-refractivity contribution in [3.8, 4) is 5.75 Å².